The molecule has 4 nitrogen and oxygen atoms in total. The number of hydrogen-bond donors (Lipinski definition) is 2. The number of ether oxygens (including phenoxy) is 1. The first-order chi connectivity index (χ1) is 6.63. The Hall–Kier alpha value is -0.710. The van der Waals surface area contributed by atoms with E-state index in [9.17, 15) is 9.90 Å². The van der Waals surface area contributed by atoms with Crippen molar-refractivity contribution in [3.8, 4) is 11.5 Å². The molecule has 0 saturated carbocycles. The van der Waals surface area contributed by atoms with Gasteiger partial charge in [-0.2, -0.15) is 0 Å². The fourth-order valence-electron chi connectivity index (χ4n) is 0.965. The average Bonchev–Trinajstić information content (AvgIpc) is 2.16. The second-order valence-electron chi connectivity index (χ2n) is 2.60. The van der Waals surface area contributed by atoms with E-state index in [0.717, 1.165) is 6.08 Å². The number of benzene rings is 1. The van der Waals surface area contributed by atoms with E-state index < -0.39 is 5.97 Å². The zero-order chi connectivity index (χ0) is 10.6. The van der Waals surface area contributed by atoms with Crippen LogP contribution in [0.2, 0.25) is 0 Å². The van der Waals surface area contributed by atoms with Gasteiger partial charge in [-0.25, -0.2) is 4.79 Å². The molecule has 0 aromatic heterocycles. The fourth-order valence-corrected chi connectivity index (χ4v) is 0.965. The van der Waals surface area contributed by atoms with Crippen molar-refractivity contribution in [3.63, 3.8) is 0 Å². The molecule has 0 saturated heterocycles. The molecule has 0 amide bonds. The first-order valence-corrected chi connectivity index (χ1v) is 3.91. The average molecular weight is 236 g/mol. The van der Waals surface area contributed by atoms with Gasteiger partial charge in [0.25, 0.3) is 0 Å². The Balaban J connectivity index is 0.00000196. The monoisotopic (exact) mass is 236 g/mol. The number of rotatable bonds is 3. The van der Waals surface area contributed by atoms with E-state index in [1.54, 1.807) is 12.1 Å². The van der Waals surface area contributed by atoms with Crippen molar-refractivity contribution in [2.24, 2.45) is 0 Å². The van der Waals surface area contributed by atoms with Gasteiger partial charge in [-0.15, -0.1) is 0 Å². The number of aromatic hydroxyl groups is 1. The molecule has 1 aromatic carbocycles. The molecule has 15 heavy (non-hydrogen) atoms. The van der Waals surface area contributed by atoms with Crippen LogP contribution in [0.4, 0.5) is 0 Å². The molecular formula is C10H12CaO4. The first-order valence-electron chi connectivity index (χ1n) is 3.91. The second kappa shape index (κ2) is 6.71. The topological polar surface area (TPSA) is 66.8 Å². The summed E-state index contributed by atoms with van der Waals surface area (Å²) in [6, 6.07) is 4.59. The summed E-state index contributed by atoms with van der Waals surface area (Å²) in [5.74, 6) is -0.672. The van der Waals surface area contributed by atoms with Crippen LogP contribution in [0.25, 0.3) is 6.08 Å². The van der Waals surface area contributed by atoms with Crippen molar-refractivity contribution in [3.05, 3.63) is 29.8 Å². The maximum atomic E-state index is 10.2. The van der Waals surface area contributed by atoms with Crippen molar-refractivity contribution < 1.29 is 19.7 Å². The van der Waals surface area contributed by atoms with E-state index in [1.807, 2.05) is 0 Å². The van der Waals surface area contributed by atoms with Gasteiger partial charge in [0, 0.05) is 6.08 Å². The molecule has 0 spiro atoms. The van der Waals surface area contributed by atoms with Crippen LogP contribution in [0.15, 0.2) is 24.3 Å². The van der Waals surface area contributed by atoms with Crippen molar-refractivity contribution in [2.45, 2.75) is 0 Å². The molecule has 1 rings (SSSR count). The Morgan fingerprint density at radius 1 is 1.47 bits per heavy atom. The van der Waals surface area contributed by atoms with E-state index in [-0.39, 0.29) is 43.5 Å². The summed E-state index contributed by atoms with van der Waals surface area (Å²) in [7, 11) is 1.43. The zero-order valence-corrected chi connectivity index (χ0v) is 7.60. The van der Waals surface area contributed by atoms with Gasteiger partial charge in [-0.3, -0.25) is 0 Å². The first kappa shape index (κ1) is 14.3. The van der Waals surface area contributed by atoms with E-state index in [1.165, 1.54) is 19.3 Å². The van der Waals surface area contributed by atoms with Gasteiger partial charge >= 0.3 is 43.7 Å². The van der Waals surface area contributed by atoms with Gasteiger partial charge in [0.15, 0.2) is 11.5 Å². The molecule has 5 heteroatoms. The van der Waals surface area contributed by atoms with E-state index in [2.05, 4.69) is 0 Å². The predicted octanol–water partition coefficient (Wildman–Crippen LogP) is 0.582. The third-order valence-electron chi connectivity index (χ3n) is 1.62. The van der Waals surface area contributed by atoms with E-state index in [4.69, 9.17) is 9.84 Å². The summed E-state index contributed by atoms with van der Waals surface area (Å²) in [6.45, 7) is 0. The molecule has 1 aromatic rings. The molecule has 0 aliphatic carbocycles. The molecule has 0 bridgehead atoms. The molecule has 0 fully saturated rings. The Morgan fingerprint density at radius 2 is 2.13 bits per heavy atom. The van der Waals surface area contributed by atoms with Crippen molar-refractivity contribution in [1.82, 2.24) is 0 Å². The van der Waals surface area contributed by atoms with Gasteiger partial charge in [-0.05, 0) is 23.8 Å². The summed E-state index contributed by atoms with van der Waals surface area (Å²) < 4.78 is 4.86. The van der Waals surface area contributed by atoms with Crippen LogP contribution in [-0.2, 0) is 4.79 Å². The van der Waals surface area contributed by atoms with Gasteiger partial charge in [0.1, 0.15) is 0 Å². The molecule has 0 atom stereocenters. The number of phenols is 1. The summed E-state index contributed by atoms with van der Waals surface area (Å²) in [6.07, 6.45) is 2.44. The predicted molar refractivity (Wildman–Crippen MR) is 59.9 cm³/mol. The fraction of sp³-hybridized carbons (Fsp3) is 0.100. The molecule has 0 aliphatic rings. The molecule has 78 valence electrons. The van der Waals surface area contributed by atoms with Crippen LogP contribution in [0.1, 0.15) is 5.56 Å². The number of carbonyl (C=O) groups is 1. The quantitative estimate of drug-likeness (QED) is 0.595. The van der Waals surface area contributed by atoms with Crippen LogP contribution >= 0.6 is 0 Å². The molecule has 0 aliphatic heterocycles. The Kier molecular flexibility index (Phi) is 6.40. The number of methoxy groups -OCH3 is 1. The van der Waals surface area contributed by atoms with Gasteiger partial charge < -0.3 is 14.9 Å². The minimum atomic E-state index is -1.02. The summed E-state index contributed by atoms with van der Waals surface area (Å²) in [5.41, 5.74) is 0.655. The van der Waals surface area contributed by atoms with Crippen LogP contribution in [0, 0.1) is 0 Å². The van der Waals surface area contributed by atoms with E-state index in [0.29, 0.717) is 11.3 Å². The number of phenolic OH excluding ortho intramolecular Hbond substituents is 1. The third kappa shape index (κ3) is 4.55. The van der Waals surface area contributed by atoms with Gasteiger partial charge in [0.05, 0.1) is 7.11 Å². The molecule has 0 heterocycles. The number of carboxylic acid groups (broad SMARTS) is 1. The van der Waals surface area contributed by atoms with Gasteiger partial charge in [0.2, 0.25) is 0 Å². The van der Waals surface area contributed by atoms with Crippen molar-refractivity contribution in [2.75, 3.05) is 7.11 Å². The molecule has 0 radical (unpaired) electrons. The molecule has 0 unspecified atom stereocenters. The minimum absolute atomic E-state index is 0. The molecule has 2 N–H and O–H groups in total. The second-order valence-corrected chi connectivity index (χ2v) is 2.60. The summed E-state index contributed by atoms with van der Waals surface area (Å²) in [4.78, 5) is 10.2. The number of carboxylic acids is 1. The standard InChI is InChI=1S/C10H10O4.Ca.2H/c1-14-9-6-7(2-4-8(9)11)3-5-10(12)13;;;/h2-6,11H,1H3,(H,12,13);;;/b5-3+;;;. The van der Waals surface area contributed by atoms with Crippen LogP contribution in [0.5, 0.6) is 11.5 Å². The molecular weight excluding hydrogens is 224 g/mol. The normalized spacial score (nSPS) is 9.67. The van der Waals surface area contributed by atoms with Crippen LogP contribution in [-0.4, -0.2) is 61.0 Å². The Morgan fingerprint density at radius 3 is 2.67 bits per heavy atom. The zero-order valence-electron chi connectivity index (χ0n) is 7.60. The van der Waals surface area contributed by atoms with Crippen LogP contribution in [0.3, 0.4) is 0 Å². The van der Waals surface area contributed by atoms with E-state index >= 15 is 0 Å². The SMILES string of the molecule is COc1cc(/C=C/C(=O)O)ccc1O.[CaH2]. The van der Waals surface area contributed by atoms with Crippen LogP contribution < -0.4 is 4.74 Å². The van der Waals surface area contributed by atoms with Crippen molar-refractivity contribution in [1.29, 1.82) is 0 Å². The summed E-state index contributed by atoms with van der Waals surface area (Å²) in [5, 5.41) is 17.6. The Labute approximate surface area is 117 Å². The summed E-state index contributed by atoms with van der Waals surface area (Å²) >= 11 is 0. The maximum absolute atomic E-state index is 10.2. The number of hydrogen-bond acceptors (Lipinski definition) is 3. The number of aliphatic carboxylic acids is 1. The Bertz CT molecular complexity index is 374. The van der Waals surface area contributed by atoms with Gasteiger partial charge in [-0.1, -0.05) is 6.07 Å². The third-order valence-corrected chi connectivity index (χ3v) is 1.62. The van der Waals surface area contributed by atoms with Crippen molar-refractivity contribution >= 4 is 49.8 Å².